The normalized spacial score (nSPS) is 19.8. The van der Waals surface area contributed by atoms with Crippen LogP contribution in [-0.2, 0) is 16.7 Å². The van der Waals surface area contributed by atoms with E-state index in [9.17, 15) is 0 Å². The van der Waals surface area contributed by atoms with Crippen molar-refractivity contribution in [3.63, 3.8) is 0 Å². The minimum atomic E-state index is -4.79. The van der Waals surface area contributed by atoms with Gasteiger partial charge in [0.2, 0.25) is 0 Å². The molecule has 0 bridgehead atoms. The molecule has 1 saturated heterocycles. The SMILES string of the molecule is COc1ccc([Te]2(c3ccc(OC)cc3)O[Si](C)(C)O[Te](c3ccc(OC)cc3)(c3ccc(OC)cc3)O[Si](C)(C)O[Te](c3ccc(OC)cc3)(c3ccc(OC)cc3)O[Si](C)(C)O2)cc1. The molecule has 18 heteroatoms. The molecular weight excluding hydrogens is 1240 g/mol. The van der Waals surface area contributed by atoms with Crippen molar-refractivity contribution in [2.45, 2.75) is 39.3 Å². The second-order valence-electron chi connectivity index (χ2n) is 16.3. The molecule has 66 heavy (non-hydrogen) atoms. The van der Waals surface area contributed by atoms with E-state index in [0.29, 0.717) is 34.5 Å². The van der Waals surface area contributed by atoms with E-state index in [0.717, 1.165) is 21.7 Å². The molecule has 6 aromatic carbocycles. The van der Waals surface area contributed by atoms with E-state index in [2.05, 4.69) is 112 Å². The Kier molecular flexibility index (Phi) is 16.0. The summed E-state index contributed by atoms with van der Waals surface area (Å²) in [6.45, 7) is 12.6. The Morgan fingerprint density at radius 1 is 0.242 bits per heavy atom. The molecule has 0 amide bonds. The third kappa shape index (κ3) is 11.0. The van der Waals surface area contributed by atoms with Crippen LogP contribution < -0.4 is 50.1 Å². The van der Waals surface area contributed by atoms with E-state index in [-0.39, 0.29) is 0 Å². The molecule has 0 aromatic heterocycles. The van der Waals surface area contributed by atoms with Gasteiger partial charge in [0.25, 0.3) is 0 Å². The quantitative estimate of drug-likeness (QED) is 0.134. The van der Waals surface area contributed by atoms with E-state index < -0.39 is 82.7 Å². The zero-order valence-electron chi connectivity index (χ0n) is 39.5. The van der Waals surface area contributed by atoms with Crippen molar-refractivity contribution in [2.75, 3.05) is 42.7 Å². The van der Waals surface area contributed by atoms with Crippen LogP contribution in [0.3, 0.4) is 0 Å². The topological polar surface area (TPSA) is 111 Å². The van der Waals surface area contributed by atoms with Crippen molar-refractivity contribution >= 4 is 104 Å². The van der Waals surface area contributed by atoms with Crippen molar-refractivity contribution in [1.29, 1.82) is 0 Å². The fraction of sp³-hybridized carbons (Fsp3) is 0.250. The Balaban J connectivity index is 1.60. The van der Waals surface area contributed by atoms with Gasteiger partial charge in [-0.1, -0.05) is 0 Å². The second-order valence-corrected chi connectivity index (χ2v) is 50.9. The Morgan fingerprint density at radius 2 is 0.364 bits per heavy atom. The van der Waals surface area contributed by atoms with Gasteiger partial charge >= 0.3 is 412 Å². The molecule has 1 aliphatic heterocycles. The summed E-state index contributed by atoms with van der Waals surface area (Å²) in [6, 6.07) is 48.1. The molecule has 0 radical (unpaired) electrons. The molecule has 0 atom stereocenters. The van der Waals surface area contributed by atoms with Crippen LogP contribution in [0.5, 0.6) is 34.5 Å². The van der Waals surface area contributed by atoms with Gasteiger partial charge in [-0.15, -0.1) is 0 Å². The third-order valence-corrected chi connectivity index (χ3v) is 61.9. The average molecular weight is 1300 g/mol. The van der Waals surface area contributed by atoms with Gasteiger partial charge in [-0.3, -0.25) is 0 Å². The van der Waals surface area contributed by atoms with Gasteiger partial charge in [-0.2, -0.15) is 0 Å². The molecule has 12 nitrogen and oxygen atoms in total. The number of benzene rings is 6. The zero-order chi connectivity index (χ0) is 47.4. The molecule has 0 unspecified atom stereocenters. The maximum atomic E-state index is 7.99. The van der Waals surface area contributed by atoms with Crippen molar-refractivity contribution in [3.8, 4) is 34.5 Å². The fourth-order valence-electron chi connectivity index (χ4n) is 7.30. The first-order valence-corrected chi connectivity index (χ1v) is 42.2. The molecule has 0 aliphatic carbocycles. The number of hydrogen-bond donors (Lipinski definition) is 0. The minimum absolute atomic E-state index is 0.704. The standard InChI is InChI=1S/C48H60O12Si3Te3/c1-49-37-13-25-43(26-14-37)64(44-27-15-38(50-2)16-28-44)55-61(7,8)57-65(45-29-17-39(51-3)18-30-45,46-31-19-40(52-4)20-32-46)59-63(11,12)60-66(58-62(9,10)56-64,47-33-21-41(53-5)22-34-47)48-35-23-42(54-6)24-36-48/h13-36H,1-12H3. The summed E-state index contributed by atoms with van der Waals surface area (Å²) < 4.78 is 87.5. The van der Waals surface area contributed by atoms with Crippen molar-refractivity contribution < 1.29 is 45.2 Å². The van der Waals surface area contributed by atoms with E-state index >= 15 is 0 Å². The van der Waals surface area contributed by atoms with Crippen LogP contribution in [0.15, 0.2) is 146 Å². The number of rotatable bonds is 12. The van der Waals surface area contributed by atoms with Gasteiger partial charge in [-0.25, -0.2) is 0 Å². The molecule has 7 rings (SSSR count). The zero-order valence-corrected chi connectivity index (χ0v) is 49.5. The van der Waals surface area contributed by atoms with Crippen LogP contribution in [0.2, 0.25) is 39.3 Å². The van der Waals surface area contributed by atoms with Gasteiger partial charge in [0.15, 0.2) is 0 Å². The Labute approximate surface area is 407 Å². The number of ether oxygens (including phenoxy) is 6. The Hall–Kier alpha value is -3.10. The van der Waals surface area contributed by atoms with E-state index in [1.54, 1.807) is 42.7 Å². The van der Waals surface area contributed by atoms with Gasteiger partial charge < -0.3 is 0 Å². The second kappa shape index (κ2) is 20.9. The van der Waals surface area contributed by atoms with E-state index in [4.69, 9.17) is 45.2 Å². The predicted octanol–water partition coefficient (Wildman–Crippen LogP) is 6.03. The average Bonchev–Trinajstić information content (AvgIpc) is 3.32. The summed E-state index contributed by atoms with van der Waals surface area (Å²) in [5.74, 6) is 4.22. The predicted molar refractivity (Wildman–Crippen MR) is 272 cm³/mol. The molecule has 0 spiro atoms. The Bertz CT molecular complexity index is 2070. The van der Waals surface area contributed by atoms with Crippen molar-refractivity contribution in [2.24, 2.45) is 0 Å². The van der Waals surface area contributed by atoms with Gasteiger partial charge in [0.1, 0.15) is 0 Å². The Morgan fingerprint density at radius 3 is 0.470 bits per heavy atom. The van der Waals surface area contributed by atoms with E-state index in [1.807, 2.05) is 72.8 Å². The summed E-state index contributed by atoms with van der Waals surface area (Å²) >= 11 is -14.4. The summed E-state index contributed by atoms with van der Waals surface area (Å²) in [7, 11) is -0.401. The van der Waals surface area contributed by atoms with Crippen LogP contribution in [-0.4, -0.2) is 125 Å². The van der Waals surface area contributed by atoms with Crippen LogP contribution in [0, 0.1) is 0 Å². The van der Waals surface area contributed by atoms with Gasteiger partial charge in [0.05, 0.1) is 0 Å². The summed E-state index contributed by atoms with van der Waals surface area (Å²) in [6.07, 6.45) is 0. The van der Waals surface area contributed by atoms with Crippen LogP contribution in [0.1, 0.15) is 0 Å². The summed E-state index contributed by atoms with van der Waals surface area (Å²) in [5, 5.41) is 0. The molecule has 1 fully saturated rings. The third-order valence-electron chi connectivity index (χ3n) is 10.1. The van der Waals surface area contributed by atoms with Crippen LogP contribution in [0.25, 0.3) is 0 Å². The fourth-order valence-corrected chi connectivity index (χ4v) is 70.2. The van der Waals surface area contributed by atoms with Crippen molar-refractivity contribution in [3.05, 3.63) is 146 Å². The first kappa shape index (κ1) is 50.8. The van der Waals surface area contributed by atoms with Gasteiger partial charge in [0, 0.05) is 0 Å². The summed E-state index contributed by atoms with van der Waals surface area (Å²) in [4.78, 5) is 0. The molecule has 6 aromatic rings. The molecule has 354 valence electrons. The van der Waals surface area contributed by atoms with Crippen molar-refractivity contribution in [1.82, 2.24) is 0 Å². The number of methoxy groups -OCH3 is 6. The number of hydrogen-bond acceptors (Lipinski definition) is 12. The van der Waals surface area contributed by atoms with Gasteiger partial charge in [-0.05, 0) is 0 Å². The first-order chi connectivity index (χ1) is 31.5. The van der Waals surface area contributed by atoms with Crippen LogP contribution >= 0.6 is 0 Å². The van der Waals surface area contributed by atoms with Crippen LogP contribution in [0.4, 0.5) is 0 Å². The molecule has 1 aliphatic rings. The first-order valence-electron chi connectivity index (χ1n) is 21.1. The maximum absolute atomic E-state index is 7.99. The summed E-state index contributed by atoms with van der Waals surface area (Å²) in [5.41, 5.74) is 0. The molecule has 1 heterocycles. The molecular formula is C48H60O12Si3Te3. The van der Waals surface area contributed by atoms with E-state index in [1.165, 1.54) is 0 Å². The monoisotopic (exact) mass is 1300 g/mol. The molecule has 0 saturated carbocycles. The molecule has 0 N–H and O–H groups in total.